The Hall–Kier alpha value is -1.94. The van der Waals surface area contributed by atoms with Crippen LogP contribution in [0.3, 0.4) is 0 Å². The van der Waals surface area contributed by atoms with Gasteiger partial charge in [-0.3, -0.25) is 37.3 Å². The lowest BCUT2D eigenvalue weighted by Crippen LogP contribution is -2.30. The van der Waals surface area contributed by atoms with Crippen molar-refractivity contribution in [2.75, 3.05) is 39.6 Å². The molecule has 0 amide bonds. The van der Waals surface area contributed by atoms with Crippen LogP contribution in [0.1, 0.15) is 471 Å². The maximum absolute atomic E-state index is 13.2. The van der Waals surface area contributed by atoms with Crippen LogP contribution in [0, 0.1) is 0 Å². The molecule has 105 heavy (non-hydrogen) atoms. The van der Waals surface area contributed by atoms with E-state index in [1.807, 2.05) is 0 Å². The molecular weight excluding hydrogens is 1370 g/mol. The Balaban J connectivity index is 5.24. The van der Waals surface area contributed by atoms with Gasteiger partial charge >= 0.3 is 39.5 Å². The summed E-state index contributed by atoms with van der Waals surface area (Å²) in [7, 11) is -9.93. The Labute approximate surface area is 645 Å². The van der Waals surface area contributed by atoms with Gasteiger partial charge in [-0.2, -0.15) is 0 Å². The minimum absolute atomic E-state index is 0.109. The maximum atomic E-state index is 13.2. The van der Waals surface area contributed by atoms with Gasteiger partial charge in [-0.05, 0) is 25.7 Å². The SMILES string of the molecule is CCCCCCCCCCCCCCCCCCCCCCC(=O)O[C@H](COC(=O)CCCCCCCCCCCCCCCCCCCCC)COP(=O)(O)OC[C@@H](O)COP(=O)(O)OC[C@@H](COC(=O)CCCCCCCCCCCCCC)OC(=O)CCCCCCCCCCCCCCCC. The van der Waals surface area contributed by atoms with Crippen LogP contribution in [-0.4, -0.2) is 96.7 Å². The number of carbonyl (C=O) groups excluding carboxylic acids is 4. The highest BCUT2D eigenvalue weighted by Crippen LogP contribution is 2.45. The van der Waals surface area contributed by atoms with E-state index in [4.69, 9.17) is 37.0 Å². The van der Waals surface area contributed by atoms with Crippen LogP contribution in [0.4, 0.5) is 0 Å². The van der Waals surface area contributed by atoms with E-state index in [0.717, 1.165) is 89.9 Å². The molecule has 0 saturated carbocycles. The molecule has 624 valence electrons. The molecule has 0 heterocycles. The number of hydrogen-bond donors (Lipinski definition) is 3. The second-order valence-corrected chi connectivity index (χ2v) is 33.8. The van der Waals surface area contributed by atoms with Gasteiger partial charge in [-0.1, -0.05) is 419 Å². The highest BCUT2D eigenvalue weighted by Gasteiger charge is 2.30. The molecular formula is C86H168O17P2. The molecule has 0 aliphatic rings. The smallest absolute Gasteiger partial charge is 0.462 e. The van der Waals surface area contributed by atoms with E-state index in [-0.39, 0.29) is 25.7 Å². The van der Waals surface area contributed by atoms with Gasteiger partial charge in [0.2, 0.25) is 0 Å². The van der Waals surface area contributed by atoms with Gasteiger partial charge in [0.1, 0.15) is 19.3 Å². The normalized spacial score (nSPS) is 13.7. The van der Waals surface area contributed by atoms with E-state index in [1.165, 1.54) is 302 Å². The summed E-state index contributed by atoms with van der Waals surface area (Å²) in [6.45, 7) is 5.06. The van der Waals surface area contributed by atoms with Crippen LogP contribution in [0.2, 0.25) is 0 Å². The van der Waals surface area contributed by atoms with Crippen molar-refractivity contribution in [3.05, 3.63) is 0 Å². The molecule has 0 bridgehead atoms. The fourth-order valence-electron chi connectivity index (χ4n) is 13.5. The van der Waals surface area contributed by atoms with Crippen LogP contribution >= 0.6 is 15.6 Å². The first-order chi connectivity index (χ1) is 51.2. The molecule has 0 aliphatic carbocycles. The molecule has 0 aliphatic heterocycles. The van der Waals surface area contributed by atoms with E-state index < -0.39 is 97.5 Å². The number of ether oxygens (including phenoxy) is 4. The van der Waals surface area contributed by atoms with Crippen LogP contribution in [-0.2, 0) is 65.4 Å². The summed E-state index contributed by atoms with van der Waals surface area (Å²) in [6, 6.07) is 0. The Morgan fingerprint density at radius 1 is 0.229 bits per heavy atom. The number of aliphatic hydroxyl groups is 1. The van der Waals surface area contributed by atoms with Crippen LogP contribution < -0.4 is 0 Å². The van der Waals surface area contributed by atoms with Crippen molar-refractivity contribution in [3.8, 4) is 0 Å². The predicted octanol–water partition coefficient (Wildman–Crippen LogP) is 26.5. The third-order valence-corrected chi connectivity index (χ3v) is 22.3. The summed E-state index contributed by atoms with van der Waals surface area (Å²) < 4.78 is 68.9. The third-order valence-electron chi connectivity index (χ3n) is 20.4. The average molecular weight is 1540 g/mol. The molecule has 0 saturated heterocycles. The Morgan fingerprint density at radius 2 is 0.381 bits per heavy atom. The quantitative estimate of drug-likeness (QED) is 0.0222. The molecule has 2 unspecified atom stereocenters. The maximum Gasteiger partial charge on any atom is 0.472 e. The summed E-state index contributed by atoms with van der Waals surface area (Å²) in [6.07, 6.45) is 74.9. The molecule has 17 nitrogen and oxygen atoms in total. The summed E-state index contributed by atoms with van der Waals surface area (Å²) in [5.41, 5.74) is 0. The van der Waals surface area contributed by atoms with Crippen molar-refractivity contribution in [2.45, 2.75) is 489 Å². The van der Waals surface area contributed by atoms with Gasteiger partial charge in [0.25, 0.3) is 0 Å². The average Bonchev–Trinajstić information content (AvgIpc) is 0.913. The van der Waals surface area contributed by atoms with Crippen molar-refractivity contribution in [1.82, 2.24) is 0 Å². The lowest BCUT2D eigenvalue weighted by Gasteiger charge is -2.21. The third kappa shape index (κ3) is 79.9. The van der Waals surface area contributed by atoms with Crippen molar-refractivity contribution >= 4 is 39.5 Å². The summed E-state index contributed by atoms with van der Waals surface area (Å²) in [4.78, 5) is 73.2. The number of unbranched alkanes of at least 4 members (excludes halogenated alkanes) is 61. The van der Waals surface area contributed by atoms with Crippen molar-refractivity contribution < 1.29 is 80.2 Å². The molecule has 0 spiro atoms. The molecule has 0 aromatic heterocycles. The monoisotopic (exact) mass is 1540 g/mol. The first-order valence-electron chi connectivity index (χ1n) is 44.8. The molecule has 3 N–H and O–H groups in total. The molecule has 0 fully saturated rings. The Morgan fingerprint density at radius 3 is 0.562 bits per heavy atom. The van der Waals surface area contributed by atoms with Crippen LogP contribution in [0.5, 0.6) is 0 Å². The van der Waals surface area contributed by atoms with E-state index in [0.29, 0.717) is 25.7 Å². The summed E-state index contributed by atoms with van der Waals surface area (Å²) >= 11 is 0. The molecule has 19 heteroatoms. The number of esters is 4. The number of carbonyl (C=O) groups is 4. The number of phosphoric acid groups is 2. The Bertz CT molecular complexity index is 1980. The fraction of sp³-hybridized carbons (Fsp3) is 0.953. The van der Waals surface area contributed by atoms with E-state index >= 15 is 0 Å². The molecule has 5 atom stereocenters. The zero-order chi connectivity index (χ0) is 76.7. The second-order valence-electron chi connectivity index (χ2n) is 30.9. The number of hydrogen-bond acceptors (Lipinski definition) is 15. The van der Waals surface area contributed by atoms with Crippen LogP contribution in [0.15, 0.2) is 0 Å². The summed E-state index contributed by atoms with van der Waals surface area (Å²) in [5.74, 6) is -2.10. The highest BCUT2D eigenvalue weighted by molar-refractivity contribution is 7.47. The number of aliphatic hydroxyl groups excluding tert-OH is 1. The molecule has 0 rings (SSSR count). The minimum Gasteiger partial charge on any atom is -0.462 e. The number of phosphoric ester groups is 2. The zero-order valence-corrected chi connectivity index (χ0v) is 70.5. The van der Waals surface area contributed by atoms with Crippen molar-refractivity contribution in [1.29, 1.82) is 0 Å². The molecule has 0 radical (unpaired) electrons. The predicted molar refractivity (Wildman–Crippen MR) is 432 cm³/mol. The lowest BCUT2D eigenvalue weighted by molar-refractivity contribution is -0.161. The Kier molecular flexibility index (Phi) is 78.6. The lowest BCUT2D eigenvalue weighted by atomic mass is 10.0. The summed E-state index contributed by atoms with van der Waals surface area (Å²) in [5, 5.41) is 10.7. The van der Waals surface area contributed by atoms with Gasteiger partial charge in [-0.15, -0.1) is 0 Å². The van der Waals surface area contributed by atoms with Gasteiger partial charge in [0, 0.05) is 25.7 Å². The minimum atomic E-state index is -4.96. The molecule has 0 aromatic rings. The van der Waals surface area contributed by atoms with E-state index in [1.54, 1.807) is 0 Å². The van der Waals surface area contributed by atoms with E-state index in [9.17, 15) is 43.2 Å². The van der Waals surface area contributed by atoms with Crippen LogP contribution in [0.25, 0.3) is 0 Å². The van der Waals surface area contributed by atoms with Gasteiger partial charge in [-0.25, -0.2) is 9.13 Å². The van der Waals surface area contributed by atoms with Gasteiger partial charge < -0.3 is 33.8 Å². The van der Waals surface area contributed by atoms with Gasteiger partial charge in [0.05, 0.1) is 26.4 Å². The van der Waals surface area contributed by atoms with Crippen molar-refractivity contribution in [2.24, 2.45) is 0 Å². The second kappa shape index (κ2) is 80.1. The standard InChI is InChI=1S/C86H168O17P2/c1-5-9-13-17-21-25-29-33-36-38-40-42-44-46-49-53-57-61-65-69-73-86(91)103-82(77-97-84(89)71-67-63-59-55-51-48-45-43-41-39-37-34-30-26-22-18-14-10-6-2)79-101-105(94,95)99-75-80(87)74-98-104(92,93)100-78-81(76-96-83(88)70-66-62-58-54-50-32-28-24-20-16-12-8-4)102-85(90)72-68-64-60-56-52-47-35-31-27-23-19-15-11-7-3/h80-82,87H,5-79H2,1-4H3,(H,92,93)(H,94,95)/t80-,81+,82+/m0/s1. The topological polar surface area (TPSA) is 237 Å². The largest absolute Gasteiger partial charge is 0.472 e. The van der Waals surface area contributed by atoms with Crippen molar-refractivity contribution in [3.63, 3.8) is 0 Å². The molecule has 0 aromatic carbocycles. The van der Waals surface area contributed by atoms with Gasteiger partial charge in [0.15, 0.2) is 12.2 Å². The zero-order valence-electron chi connectivity index (χ0n) is 68.7. The number of rotatable bonds is 87. The first kappa shape index (κ1) is 103. The fourth-order valence-corrected chi connectivity index (χ4v) is 15.1. The van der Waals surface area contributed by atoms with E-state index in [2.05, 4.69) is 27.7 Å². The highest BCUT2D eigenvalue weighted by atomic mass is 31.2. The first-order valence-corrected chi connectivity index (χ1v) is 47.8.